The Morgan fingerprint density at radius 3 is 2.83 bits per heavy atom. The summed E-state index contributed by atoms with van der Waals surface area (Å²) in [6.45, 7) is 0.870. The fourth-order valence-electron chi connectivity index (χ4n) is 2.00. The minimum absolute atomic E-state index is 0. The first-order valence-corrected chi connectivity index (χ1v) is 5.41. The molecule has 1 amide bonds. The molecule has 6 nitrogen and oxygen atoms in total. The topological polar surface area (TPSA) is 89.5 Å². The monoisotopic (exact) mass is 271 g/mol. The van der Waals surface area contributed by atoms with Gasteiger partial charge >= 0.3 is 0 Å². The van der Waals surface area contributed by atoms with Crippen LogP contribution in [0.5, 0.6) is 0 Å². The molecule has 0 atom stereocenters. The number of carbonyl (C=O) groups excluding carboxylic acids is 1. The summed E-state index contributed by atoms with van der Waals surface area (Å²) >= 11 is 0. The summed E-state index contributed by atoms with van der Waals surface area (Å²) in [5, 5.41) is 10.7. The standard InChI is InChI=1S/C11H13N3O3.ClH/c12-5-3-11(15)13-6-4-8-1-2-9(14(16)17)7-10(8)13;/h1-2,7H,3-6,12H2;1H. The fourth-order valence-corrected chi connectivity index (χ4v) is 2.00. The molecule has 1 aromatic rings. The highest BCUT2D eigenvalue weighted by Crippen LogP contribution is 2.31. The molecule has 7 heteroatoms. The van der Waals surface area contributed by atoms with E-state index in [0.717, 1.165) is 12.0 Å². The molecule has 1 aliphatic heterocycles. The molecule has 0 saturated carbocycles. The van der Waals surface area contributed by atoms with Gasteiger partial charge in [-0.05, 0) is 12.0 Å². The van der Waals surface area contributed by atoms with E-state index >= 15 is 0 Å². The quantitative estimate of drug-likeness (QED) is 0.662. The number of nitro groups is 1. The number of hydrogen-bond donors (Lipinski definition) is 1. The van der Waals surface area contributed by atoms with Gasteiger partial charge in [0.05, 0.1) is 10.6 Å². The summed E-state index contributed by atoms with van der Waals surface area (Å²) in [5.41, 5.74) is 6.97. The van der Waals surface area contributed by atoms with E-state index in [1.54, 1.807) is 11.0 Å². The van der Waals surface area contributed by atoms with Crippen LogP contribution in [0.2, 0.25) is 0 Å². The van der Waals surface area contributed by atoms with Gasteiger partial charge < -0.3 is 10.6 Å². The van der Waals surface area contributed by atoms with E-state index in [2.05, 4.69) is 0 Å². The number of hydrogen-bond acceptors (Lipinski definition) is 4. The molecule has 0 fully saturated rings. The Bertz CT molecular complexity index is 479. The Hall–Kier alpha value is -1.66. The Morgan fingerprint density at radius 2 is 2.22 bits per heavy atom. The van der Waals surface area contributed by atoms with Crippen molar-refractivity contribution in [2.24, 2.45) is 5.73 Å². The molecule has 1 heterocycles. The summed E-state index contributed by atoms with van der Waals surface area (Å²) in [5.74, 6) is -0.0771. The molecule has 98 valence electrons. The lowest BCUT2D eigenvalue weighted by Gasteiger charge is -2.16. The zero-order chi connectivity index (χ0) is 12.4. The maximum Gasteiger partial charge on any atom is 0.271 e. The van der Waals surface area contributed by atoms with Gasteiger partial charge in [-0.1, -0.05) is 6.07 Å². The van der Waals surface area contributed by atoms with Crippen molar-refractivity contribution in [3.63, 3.8) is 0 Å². The van der Waals surface area contributed by atoms with Crippen LogP contribution in [-0.4, -0.2) is 23.9 Å². The molecule has 1 aromatic carbocycles. The predicted molar refractivity (Wildman–Crippen MR) is 70.1 cm³/mol. The van der Waals surface area contributed by atoms with Crippen LogP contribution in [0.1, 0.15) is 12.0 Å². The van der Waals surface area contributed by atoms with Crippen molar-refractivity contribution in [3.05, 3.63) is 33.9 Å². The van der Waals surface area contributed by atoms with E-state index in [9.17, 15) is 14.9 Å². The van der Waals surface area contributed by atoms with E-state index in [0.29, 0.717) is 18.8 Å². The number of carbonyl (C=O) groups is 1. The van der Waals surface area contributed by atoms with Crippen LogP contribution in [0.3, 0.4) is 0 Å². The molecule has 0 radical (unpaired) electrons. The number of nitrogens with zero attached hydrogens (tertiary/aromatic N) is 2. The van der Waals surface area contributed by atoms with Gasteiger partial charge in [0.1, 0.15) is 0 Å². The van der Waals surface area contributed by atoms with E-state index in [1.807, 2.05) is 0 Å². The minimum atomic E-state index is -0.454. The minimum Gasteiger partial charge on any atom is -0.330 e. The van der Waals surface area contributed by atoms with E-state index in [1.165, 1.54) is 12.1 Å². The lowest BCUT2D eigenvalue weighted by molar-refractivity contribution is -0.384. The van der Waals surface area contributed by atoms with Crippen LogP contribution in [0, 0.1) is 10.1 Å². The van der Waals surface area contributed by atoms with Crippen LogP contribution >= 0.6 is 12.4 Å². The third kappa shape index (κ3) is 2.60. The second-order valence-corrected chi connectivity index (χ2v) is 3.90. The van der Waals surface area contributed by atoms with Crippen LogP contribution in [-0.2, 0) is 11.2 Å². The van der Waals surface area contributed by atoms with Crippen molar-refractivity contribution in [2.75, 3.05) is 18.0 Å². The van der Waals surface area contributed by atoms with Gasteiger partial charge in [-0.3, -0.25) is 14.9 Å². The largest absolute Gasteiger partial charge is 0.330 e. The molecule has 0 unspecified atom stereocenters. The molecular formula is C11H14ClN3O3. The first kappa shape index (κ1) is 14.4. The van der Waals surface area contributed by atoms with Gasteiger partial charge in [0.25, 0.3) is 5.69 Å². The molecule has 0 aliphatic carbocycles. The highest BCUT2D eigenvalue weighted by Gasteiger charge is 2.25. The maximum atomic E-state index is 11.8. The molecule has 2 N–H and O–H groups in total. The van der Waals surface area contributed by atoms with Crippen LogP contribution in [0.15, 0.2) is 18.2 Å². The third-order valence-corrected chi connectivity index (χ3v) is 2.83. The molecule has 0 saturated heterocycles. The normalized spacial score (nSPS) is 12.8. The predicted octanol–water partition coefficient (Wildman–Crippen LogP) is 1.25. The zero-order valence-electron chi connectivity index (χ0n) is 9.67. The Morgan fingerprint density at radius 1 is 1.50 bits per heavy atom. The SMILES string of the molecule is Cl.NCCC(=O)N1CCc2ccc([N+](=O)[O-])cc21. The second-order valence-electron chi connectivity index (χ2n) is 3.90. The number of fused-ring (bicyclic) bond motifs is 1. The van der Waals surface area contributed by atoms with Crippen molar-refractivity contribution in [2.45, 2.75) is 12.8 Å². The number of anilines is 1. The first-order chi connectivity index (χ1) is 8.13. The molecule has 0 aromatic heterocycles. The third-order valence-electron chi connectivity index (χ3n) is 2.83. The average Bonchev–Trinajstić information content (AvgIpc) is 2.71. The summed E-state index contributed by atoms with van der Waals surface area (Å²) in [7, 11) is 0. The average molecular weight is 272 g/mol. The van der Waals surface area contributed by atoms with Gasteiger partial charge in [-0.15, -0.1) is 12.4 Å². The number of rotatable bonds is 3. The van der Waals surface area contributed by atoms with Crippen molar-refractivity contribution in [3.8, 4) is 0 Å². The highest BCUT2D eigenvalue weighted by molar-refractivity contribution is 5.95. The van der Waals surface area contributed by atoms with Crippen molar-refractivity contribution >= 4 is 29.7 Å². The van der Waals surface area contributed by atoms with Crippen molar-refractivity contribution in [1.29, 1.82) is 0 Å². The van der Waals surface area contributed by atoms with Crippen LogP contribution in [0.4, 0.5) is 11.4 Å². The van der Waals surface area contributed by atoms with Gasteiger partial charge in [0.15, 0.2) is 0 Å². The maximum absolute atomic E-state index is 11.8. The molecule has 1 aliphatic rings. The second kappa shape index (κ2) is 5.79. The number of non-ortho nitro benzene ring substituents is 1. The summed E-state index contributed by atoms with van der Waals surface area (Å²) < 4.78 is 0. The molecule has 18 heavy (non-hydrogen) atoms. The summed E-state index contributed by atoms with van der Waals surface area (Å²) in [4.78, 5) is 23.6. The van der Waals surface area contributed by atoms with E-state index < -0.39 is 4.92 Å². The molecule has 0 spiro atoms. The number of benzene rings is 1. The number of halogens is 1. The Balaban J connectivity index is 0.00000162. The van der Waals surface area contributed by atoms with Crippen LogP contribution < -0.4 is 10.6 Å². The Labute approximate surface area is 110 Å². The van der Waals surface area contributed by atoms with Gasteiger partial charge in [0.2, 0.25) is 5.91 Å². The molecular weight excluding hydrogens is 258 g/mol. The van der Waals surface area contributed by atoms with E-state index in [4.69, 9.17) is 5.73 Å². The lowest BCUT2D eigenvalue weighted by Crippen LogP contribution is -2.30. The van der Waals surface area contributed by atoms with E-state index in [-0.39, 0.29) is 30.4 Å². The number of amides is 1. The fraction of sp³-hybridized carbons (Fsp3) is 0.364. The summed E-state index contributed by atoms with van der Waals surface area (Å²) in [6, 6.07) is 4.63. The van der Waals surface area contributed by atoms with Gasteiger partial charge in [0, 0.05) is 31.6 Å². The highest BCUT2D eigenvalue weighted by atomic mass is 35.5. The van der Waals surface area contributed by atoms with Gasteiger partial charge in [-0.25, -0.2) is 0 Å². The molecule has 0 bridgehead atoms. The smallest absolute Gasteiger partial charge is 0.271 e. The Kier molecular flexibility index (Phi) is 4.63. The lowest BCUT2D eigenvalue weighted by atomic mass is 10.1. The number of nitrogens with two attached hydrogens (primary N) is 1. The van der Waals surface area contributed by atoms with Crippen molar-refractivity contribution < 1.29 is 9.72 Å². The van der Waals surface area contributed by atoms with Gasteiger partial charge in [-0.2, -0.15) is 0 Å². The van der Waals surface area contributed by atoms with Crippen LogP contribution in [0.25, 0.3) is 0 Å². The first-order valence-electron chi connectivity index (χ1n) is 5.41. The number of nitro benzene ring substituents is 1. The summed E-state index contributed by atoms with van der Waals surface area (Å²) in [6.07, 6.45) is 1.01. The zero-order valence-corrected chi connectivity index (χ0v) is 10.5. The molecule has 2 rings (SSSR count). The van der Waals surface area contributed by atoms with Crippen molar-refractivity contribution in [1.82, 2.24) is 0 Å².